The molecule has 5 nitrogen and oxygen atoms in total. The smallest absolute Gasteiger partial charge is 0.335 e. The van der Waals surface area contributed by atoms with Crippen LogP contribution in [-0.4, -0.2) is 53.0 Å². The van der Waals surface area contributed by atoms with Gasteiger partial charge in [0.15, 0.2) is 0 Å². The number of hydrogen-bond donors (Lipinski definition) is 1. The molecule has 0 spiro atoms. The Hall–Kier alpha value is -1.88. The van der Waals surface area contributed by atoms with E-state index in [4.69, 9.17) is 5.11 Å². The minimum atomic E-state index is -0.889. The fourth-order valence-electron chi connectivity index (χ4n) is 4.18. The molecule has 0 atom stereocenters. The summed E-state index contributed by atoms with van der Waals surface area (Å²) in [5.74, 6) is 0.179. The Kier molecular flexibility index (Phi) is 6.67. The lowest BCUT2D eigenvalue weighted by Crippen LogP contribution is -2.48. The van der Waals surface area contributed by atoms with Crippen LogP contribution in [0.3, 0.4) is 0 Å². The first-order valence-electron chi connectivity index (χ1n) is 9.94. The summed E-state index contributed by atoms with van der Waals surface area (Å²) in [5, 5.41) is 9.10. The molecule has 1 amide bonds. The molecule has 1 aromatic carbocycles. The number of hydrogen-bond acceptors (Lipinski definition) is 3. The third-order valence-corrected chi connectivity index (χ3v) is 5.80. The lowest BCUT2D eigenvalue weighted by atomic mass is 9.86. The minimum Gasteiger partial charge on any atom is -0.478 e. The van der Waals surface area contributed by atoms with Crippen molar-refractivity contribution in [2.75, 3.05) is 26.2 Å². The van der Waals surface area contributed by atoms with Gasteiger partial charge in [-0.15, -0.1) is 0 Å². The Morgan fingerprint density at radius 2 is 1.77 bits per heavy atom. The maximum Gasteiger partial charge on any atom is 0.335 e. The van der Waals surface area contributed by atoms with E-state index in [-0.39, 0.29) is 0 Å². The van der Waals surface area contributed by atoms with Gasteiger partial charge in [-0.1, -0.05) is 44.2 Å². The molecule has 1 saturated heterocycles. The molecule has 0 radical (unpaired) electrons. The summed E-state index contributed by atoms with van der Waals surface area (Å²) >= 11 is 0. The summed E-state index contributed by atoms with van der Waals surface area (Å²) in [6, 6.07) is 7.12. The Balaban J connectivity index is 1.41. The molecule has 26 heavy (non-hydrogen) atoms. The van der Waals surface area contributed by atoms with Crippen molar-refractivity contribution in [1.82, 2.24) is 9.80 Å². The molecule has 1 aliphatic heterocycles. The second-order valence-electron chi connectivity index (χ2n) is 7.71. The summed E-state index contributed by atoms with van der Waals surface area (Å²) in [4.78, 5) is 27.9. The highest BCUT2D eigenvalue weighted by atomic mass is 16.4. The van der Waals surface area contributed by atoms with Crippen LogP contribution in [-0.2, 0) is 11.3 Å². The number of aromatic carboxylic acids is 1. The van der Waals surface area contributed by atoms with Gasteiger partial charge in [-0.25, -0.2) is 4.79 Å². The van der Waals surface area contributed by atoms with Crippen LogP contribution in [0.4, 0.5) is 0 Å². The summed E-state index contributed by atoms with van der Waals surface area (Å²) in [6.45, 7) is 4.01. The number of rotatable bonds is 6. The number of amides is 1. The molecule has 142 valence electrons. The molecular weight excluding hydrogens is 328 g/mol. The Morgan fingerprint density at radius 3 is 2.46 bits per heavy atom. The third-order valence-electron chi connectivity index (χ3n) is 5.80. The topological polar surface area (TPSA) is 60.9 Å². The third kappa shape index (κ3) is 5.31. The Bertz CT molecular complexity index is 617. The van der Waals surface area contributed by atoms with E-state index < -0.39 is 5.97 Å². The van der Waals surface area contributed by atoms with Crippen LogP contribution in [0.2, 0.25) is 0 Å². The number of carbonyl (C=O) groups is 2. The SMILES string of the molecule is O=C(O)c1cccc(CN2CCN(C(=O)CCC3CCCCC3)CC2)c1. The van der Waals surface area contributed by atoms with E-state index in [2.05, 4.69) is 4.90 Å². The van der Waals surface area contributed by atoms with Gasteiger partial charge in [0.05, 0.1) is 5.56 Å². The molecular formula is C21H30N2O3. The first-order chi connectivity index (χ1) is 12.6. The quantitative estimate of drug-likeness (QED) is 0.847. The van der Waals surface area contributed by atoms with Crippen LogP contribution in [0.25, 0.3) is 0 Å². The number of nitrogens with zero attached hydrogens (tertiary/aromatic N) is 2. The summed E-state index contributed by atoms with van der Waals surface area (Å²) < 4.78 is 0. The van der Waals surface area contributed by atoms with Gasteiger partial charge in [0.25, 0.3) is 0 Å². The van der Waals surface area contributed by atoms with Crippen LogP contribution >= 0.6 is 0 Å². The van der Waals surface area contributed by atoms with Crippen LogP contribution < -0.4 is 0 Å². The number of carbonyl (C=O) groups excluding carboxylic acids is 1. The van der Waals surface area contributed by atoms with Gasteiger partial charge in [0, 0.05) is 39.1 Å². The minimum absolute atomic E-state index is 0.308. The predicted octanol–water partition coefficient (Wildman–Crippen LogP) is 3.39. The molecule has 0 bridgehead atoms. The van der Waals surface area contributed by atoms with Crippen molar-refractivity contribution in [3.63, 3.8) is 0 Å². The number of benzene rings is 1. The highest BCUT2D eigenvalue weighted by Gasteiger charge is 2.22. The first-order valence-corrected chi connectivity index (χ1v) is 9.94. The predicted molar refractivity (Wildman–Crippen MR) is 101 cm³/mol. The zero-order chi connectivity index (χ0) is 18.4. The molecule has 1 aromatic rings. The molecule has 1 saturated carbocycles. The monoisotopic (exact) mass is 358 g/mol. The summed E-state index contributed by atoms with van der Waals surface area (Å²) in [5.41, 5.74) is 1.35. The van der Waals surface area contributed by atoms with Gasteiger partial charge in [-0.3, -0.25) is 9.69 Å². The van der Waals surface area contributed by atoms with E-state index in [0.29, 0.717) is 17.9 Å². The van der Waals surface area contributed by atoms with Crippen molar-refractivity contribution in [3.05, 3.63) is 35.4 Å². The van der Waals surface area contributed by atoms with Crippen molar-refractivity contribution in [2.24, 2.45) is 5.92 Å². The lowest BCUT2D eigenvalue weighted by Gasteiger charge is -2.35. The van der Waals surface area contributed by atoms with Gasteiger partial charge in [0.1, 0.15) is 0 Å². The Labute approximate surface area is 156 Å². The molecule has 1 aliphatic carbocycles. The van der Waals surface area contributed by atoms with Gasteiger partial charge >= 0.3 is 5.97 Å². The highest BCUT2D eigenvalue weighted by Crippen LogP contribution is 2.27. The van der Waals surface area contributed by atoms with E-state index in [9.17, 15) is 9.59 Å². The molecule has 1 N–H and O–H groups in total. The molecule has 2 aliphatic rings. The number of carboxylic acid groups (broad SMARTS) is 1. The zero-order valence-electron chi connectivity index (χ0n) is 15.5. The van der Waals surface area contributed by atoms with Crippen LogP contribution in [0.5, 0.6) is 0 Å². The molecule has 2 fully saturated rings. The molecule has 0 unspecified atom stereocenters. The van der Waals surface area contributed by atoms with E-state index in [0.717, 1.165) is 50.6 Å². The van der Waals surface area contributed by atoms with Gasteiger partial charge in [-0.2, -0.15) is 0 Å². The van der Waals surface area contributed by atoms with E-state index in [1.165, 1.54) is 32.1 Å². The molecule has 0 aromatic heterocycles. The highest BCUT2D eigenvalue weighted by molar-refractivity contribution is 5.87. The van der Waals surface area contributed by atoms with Crippen molar-refractivity contribution in [3.8, 4) is 0 Å². The van der Waals surface area contributed by atoms with Crippen molar-refractivity contribution in [2.45, 2.75) is 51.5 Å². The van der Waals surface area contributed by atoms with Crippen LogP contribution in [0.1, 0.15) is 60.9 Å². The lowest BCUT2D eigenvalue weighted by molar-refractivity contribution is -0.133. The van der Waals surface area contributed by atoms with Crippen LogP contribution in [0, 0.1) is 5.92 Å². The average molecular weight is 358 g/mol. The fourth-order valence-corrected chi connectivity index (χ4v) is 4.18. The second-order valence-corrected chi connectivity index (χ2v) is 7.71. The van der Waals surface area contributed by atoms with Crippen molar-refractivity contribution < 1.29 is 14.7 Å². The fraction of sp³-hybridized carbons (Fsp3) is 0.619. The maximum absolute atomic E-state index is 12.5. The van der Waals surface area contributed by atoms with Crippen molar-refractivity contribution in [1.29, 1.82) is 0 Å². The largest absolute Gasteiger partial charge is 0.478 e. The standard InChI is InChI=1S/C21H30N2O3/c24-20(10-9-17-5-2-1-3-6-17)23-13-11-22(12-14-23)16-18-7-4-8-19(15-18)21(25)26/h4,7-8,15,17H,1-3,5-6,9-14,16H2,(H,25,26). The van der Waals surface area contributed by atoms with E-state index in [1.807, 2.05) is 11.0 Å². The van der Waals surface area contributed by atoms with Crippen molar-refractivity contribution >= 4 is 11.9 Å². The molecule has 3 rings (SSSR count). The molecule has 1 heterocycles. The summed E-state index contributed by atoms with van der Waals surface area (Å²) in [6.07, 6.45) is 8.39. The van der Waals surface area contributed by atoms with Gasteiger partial charge < -0.3 is 10.0 Å². The van der Waals surface area contributed by atoms with Gasteiger partial charge in [0.2, 0.25) is 5.91 Å². The van der Waals surface area contributed by atoms with E-state index >= 15 is 0 Å². The van der Waals surface area contributed by atoms with Gasteiger partial charge in [-0.05, 0) is 30.0 Å². The van der Waals surface area contributed by atoms with Crippen LogP contribution in [0.15, 0.2) is 24.3 Å². The summed E-state index contributed by atoms with van der Waals surface area (Å²) in [7, 11) is 0. The zero-order valence-corrected chi connectivity index (χ0v) is 15.5. The average Bonchev–Trinajstić information content (AvgIpc) is 2.68. The number of carboxylic acids is 1. The Morgan fingerprint density at radius 1 is 1.04 bits per heavy atom. The first kappa shape index (κ1) is 18.9. The molecule has 5 heteroatoms. The number of piperazine rings is 1. The maximum atomic E-state index is 12.5. The normalized spacial score (nSPS) is 19.5. The van der Waals surface area contributed by atoms with E-state index in [1.54, 1.807) is 18.2 Å². The second kappa shape index (κ2) is 9.17.